The smallest absolute Gasteiger partial charge is 0.277 e. The fourth-order valence-corrected chi connectivity index (χ4v) is 5.51. The molecule has 0 unspecified atom stereocenters. The second-order valence-corrected chi connectivity index (χ2v) is 10.9. The number of aromatic nitrogens is 4. The van der Waals surface area contributed by atoms with Gasteiger partial charge < -0.3 is 0 Å². The molecule has 2 aromatic carbocycles. The SMILES string of the molecule is CCCCCCCCCCc1cccc(-n2cc(Cc3cncnc3)c(=O)nc2SCc2ccc(F)cc2)c1. The lowest BCUT2D eigenvalue weighted by molar-refractivity contribution is 0.575. The maximum atomic E-state index is 13.4. The summed E-state index contributed by atoms with van der Waals surface area (Å²) in [5.74, 6) is 0.317. The summed E-state index contributed by atoms with van der Waals surface area (Å²) in [6, 6.07) is 14.9. The minimum absolute atomic E-state index is 0.258. The average Bonchev–Trinajstić information content (AvgIpc) is 2.96. The Hall–Kier alpha value is -3.32. The molecule has 0 aliphatic rings. The molecule has 0 spiro atoms. The lowest BCUT2D eigenvalue weighted by Crippen LogP contribution is -2.19. The van der Waals surface area contributed by atoms with E-state index in [0.29, 0.717) is 22.9 Å². The van der Waals surface area contributed by atoms with Crippen LogP contribution in [-0.2, 0) is 18.6 Å². The van der Waals surface area contributed by atoms with Crippen molar-refractivity contribution in [1.82, 2.24) is 19.5 Å². The lowest BCUT2D eigenvalue weighted by atomic mass is 10.0. The summed E-state index contributed by atoms with van der Waals surface area (Å²) in [5, 5.41) is 0.613. The molecule has 204 valence electrons. The van der Waals surface area contributed by atoms with E-state index in [9.17, 15) is 9.18 Å². The summed E-state index contributed by atoms with van der Waals surface area (Å²) in [7, 11) is 0. The van der Waals surface area contributed by atoms with Crippen LogP contribution in [0.4, 0.5) is 4.39 Å². The first-order valence-electron chi connectivity index (χ1n) is 14.0. The minimum Gasteiger partial charge on any atom is -0.296 e. The second-order valence-electron chi connectivity index (χ2n) is 9.96. The normalized spacial score (nSPS) is 11.1. The quantitative estimate of drug-likeness (QED) is 0.0871. The van der Waals surface area contributed by atoms with E-state index >= 15 is 0 Å². The van der Waals surface area contributed by atoms with Gasteiger partial charge in [0.25, 0.3) is 5.56 Å². The fourth-order valence-electron chi connectivity index (χ4n) is 4.58. The van der Waals surface area contributed by atoms with Crippen molar-refractivity contribution >= 4 is 11.8 Å². The van der Waals surface area contributed by atoms with E-state index in [2.05, 4.69) is 46.1 Å². The summed E-state index contributed by atoms with van der Waals surface area (Å²) in [5.41, 5.74) is 4.42. The van der Waals surface area contributed by atoms with Gasteiger partial charge in [0.1, 0.15) is 12.1 Å². The van der Waals surface area contributed by atoms with Crippen molar-refractivity contribution in [3.8, 4) is 5.69 Å². The van der Waals surface area contributed by atoms with E-state index in [1.165, 1.54) is 87.2 Å². The van der Waals surface area contributed by atoms with Gasteiger partial charge in [0.15, 0.2) is 5.16 Å². The van der Waals surface area contributed by atoms with Crippen LogP contribution in [0.2, 0.25) is 0 Å². The number of unbranched alkanes of at least 4 members (excludes halogenated alkanes) is 7. The van der Waals surface area contributed by atoms with Crippen LogP contribution in [-0.4, -0.2) is 19.5 Å². The summed E-state index contributed by atoms with van der Waals surface area (Å²) in [6.07, 6.45) is 18.6. The number of hydrogen-bond acceptors (Lipinski definition) is 5. The van der Waals surface area contributed by atoms with E-state index in [-0.39, 0.29) is 11.4 Å². The number of thioether (sulfide) groups is 1. The Balaban J connectivity index is 1.51. The predicted molar refractivity (Wildman–Crippen MR) is 157 cm³/mol. The number of nitrogens with zero attached hydrogens (tertiary/aromatic N) is 4. The van der Waals surface area contributed by atoms with Gasteiger partial charge in [-0.15, -0.1) is 0 Å². The average molecular weight is 545 g/mol. The highest BCUT2D eigenvalue weighted by Crippen LogP contribution is 2.25. The molecule has 7 heteroatoms. The van der Waals surface area contributed by atoms with Crippen molar-refractivity contribution in [2.75, 3.05) is 0 Å². The van der Waals surface area contributed by atoms with Crippen LogP contribution in [0.1, 0.15) is 80.5 Å². The molecule has 2 aromatic heterocycles. The number of hydrogen-bond donors (Lipinski definition) is 0. The van der Waals surface area contributed by atoms with Crippen molar-refractivity contribution in [3.63, 3.8) is 0 Å². The lowest BCUT2D eigenvalue weighted by Gasteiger charge is -2.15. The van der Waals surface area contributed by atoms with Crippen LogP contribution in [0, 0.1) is 5.82 Å². The fraction of sp³-hybridized carbons (Fsp3) is 0.375. The molecular formula is C32H37FN4OS. The zero-order valence-corrected chi connectivity index (χ0v) is 23.5. The van der Waals surface area contributed by atoms with E-state index in [1.807, 2.05) is 10.8 Å². The third kappa shape index (κ3) is 9.13. The van der Waals surface area contributed by atoms with Crippen LogP contribution in [0.25, 0.3) is 5.69 Å². The van der Waals surface area contributed by atoms with Crippen molar-refractivity contribution in [3.05, 3.63) is 112 Å². The van der Waals surface area contributed by atoms with Crippen molar-refractivity contribution in [2.45, 2.75) is 82.0 Å². The molecule has 0 saturated heterocycles. The Kier molecular flexibility index (Phi) is 11.3. The standard InChI is InChI=1S/C32H37FN4OS/c1-2-3-4-5-6-7-8-9-11-25-12-10-13-30(19-25)37-22-28(18-27-20-34-24-35-21-27)31(38)36-32(37)39-23-26-14-16-29(33)17-15-26/h10,12-17,19-22,24H,2-9,11,18,23H2,1H3. The molecule has 0 atom stereocenters. The third-order valence-corrected chi connectivity index (χ3v) is 7.78. The van der Waals surface area contributed by atoms with Crippen molar-refractivity contribution in [2.24, 2.45) is 0 Å². The van der Waals surface area contributed by atoms with E-state index in [0.717, 1.165) is 23.2 Å². The predicted octanol–water partition coefficient (Wildman–Crippen LogP) is 7.73. The monoisotopic (exact) mass is 544 g/mol. The highest BCUT2D eigenvalue weighted by Gasteiger charge is 2.13. The van der Waals surface area contributed by atoms with Crippen LogP contribution in [0.5, 0.6) is 0 Å². The zero-order chi connectivity index (χ0) is 27.3. The number of rotatable bonds is 15. The van der Waals surface area contributed by atoms with Crippen molar-refractivity contribution < 1.29 is 4.39 Å². The first-order valence-corrected chi connectivity index (χ1v) is 14.9. The molecule has 4 rings (SSSR count). The van der Waals surface area contributed by atoms with Crippen LogP contribution in [0.15, 0.2) is 83.4 Å². The number of benzene rings is 2. The van der Waals surface area contributed by atoms with Crippen molar-refractivity contribution in [1.29, 1.82) is 0 Å². The molecule has 0 aliphatic heterocycles. The summed E-state index contributed by atoms with van der Waals surface area (Å²) < 4.78 is 15.4. The highest BCUT2D eigenvalue weighted by atomic mass is 32.2. The first-order chi connectivity index (χ1) is 19.1. The molecule has 0 bridgehead atoms. The minimum atomic E-state index is -0.263. The molecule has 0 fully saturated rings. The Morgan fingerprint density at radius 1 is 0.846 bits per heavy atom. The molecule has 0 aliphatic carbocycles. The van der Waals surface area contributed by atoms with E-state index < -0.39 is 0 Å². The Morgan fingerprint density at radius 2 is 1.56 bits per heavy atom. The molecule has 0 N–H and O–H groups in total. The summed E-state index contributed by atoms with van der Waals surface area (Å²) in [4.78, 5) is 25.6. The van der Waals surface area contributed by atoms with Gasteiger partial charge in [-0.1, -0.05) is 87.9 Å². The van der Waals surface area contributed by atoms with E-state index in [1.54, 1.807) is 24.5 Å². The molecule has 2 heterocycles. The molecule has 0 radical (unpaired) electrons. The molecule has 4 aromatic rings. The molecular weight excluding hydrogens is 507 g/mol. The molecule has 0 amide bonds. The van der Waals surface area contributed by atoms with Gasteiger partial charge in [-0.2, -0.15) is 4.98 Å². The largest absolute Gasteiger partial charge is 0.296 e. The third-order valence-electron chi connectivity index (χ3n) is 6.76. The van der Waals surface area contributed by atoms with Crippen LogP contribution in [0.3, 0.4) is 0 Å². The Bertz CT molecular complexity index is 1360. The maximum absolute atomic E-state index is 13.4. The molecule has 0 saturated carbocycles. The first kappa shape index (κ1) is 28.7. The van der Waals surface area contributed by atoms with Gasteiger partial charge in [-0.05, 0) is 53.8 Å². The Morgan fingerprint density at radius 3 is 2.31 bits per heavy atom. The van der Waals surface area contributed by atoms with Gasteiger partial charge in [-0.3, -0.25) is 9.36 Å². The van der Waals surface area contributed by atoms with Gasteiger partial charge in [0, 0.05) is 42.0 Å². The summed E-state index contributed by atoms with van der Waals surface area (Å²) in [6.45, 7) is 2.25. The van der Waals surface area contributed by atoms with Gasteiger partial charge in [-0.25, -0.2) is 14.4 Å². The van der Waals surface area contributed by atoms with Crippen LogP contribution >= 0.6 is 11.8 Å². The molecule has 39 heavy (non-hydrogen) atoms. The number of aryl methyl sites for hydroxylation is 1. The Labute approximate surface area is 235 Å². The second kappa shape index (κ2) is 15.3. The summed E-state index contributed by atoms with van der Waals surface area (Å²) >= 11 is 1.47. The van der Waals surface area contributed by atoms with E-state index in [4.69, 9.17) is 0 Å². The van der Waals surface area contributed by atoms with Gasteiger partial charge in [0.2, 0.25) is 0 Å². The van der Waals surface area contributed by atoms with Gasteiger partial charge in [0.05, 0.1) is 0 Å². The maximum Gasteiger partial charge on any atom is 0.277 e. The molecule has 5 nitrogen and oxygen atoms in total. The zero-order valence-electron chi connectivity index (χ0n) is 22.7. The van der Waals surface area contributed by atoms with Gasteiger partial charge >= 0.3 is 0 Å². The topological polar surface area (TPSA) is 60.7 Å². The van der Waals surface area contributed by atoms with Crippen LogP contribution < -0.4 is 5.56 Å². The highest BCUT2D eigenvalue weighted by molar-refractivity contribution is 7.98. The number of halogens is 1.